The van der Waals surface area contributed by atoms with E-state index in [0.29, 0.717) is 45.9 Å². The van der Waals surface area contributed by atoms with E-state index in [1.54, 1.807) is 12.1 Å². The molecule has 1 fully saturated rings. The van der Waals surface area contributed by atoms with Crippen LogP contribution in [0.15, 0.2) is 12.1 Å². The molecule has 1 saturated heterocycles. The molecule has 0 spiro atoms. The summed E-state index contributed by atoms with van der Waals surface area (Å²) in [6.45, 7) is 2.17. The van der Waals surface area contributed by atoms with E-state index in [4.69, 9.17) is 28.9 Å². The van der Waals surface area contributed by atoms with Crippen LogP contribution in [0.4, 0.5) is 11.4 Å². The van der Waals surface area contributed by atoms with Crippen LogP contribution in [0.3, 0.4) is 0 Å². The van der Waals surface area contributed by atoms with E-state index in [-0.39, 0.29) is 5.91 Å². The number of nitrogens with zero attached hydrogens (tertiary/aromatic N) is 1. The molecule has 3 N–H and O–H groups in total. The monoisotopic (exact) mass is 349 g/mol. The Bertz CT molecular complexity index is 535. The first-order valence-corrected chi connectivity index (χ1v) is 8.82. The van der Waals surface area contributed by atoms with Crippen molar-refractivity contribution in [1.29, 1.82) is 0 Å². The molecule has 0 aliphatic carbocycles. The Kier molecular flexibility index (Phi) is 5.87. The Morgan fingerprint density at radius 2 is 1.86 bits per heavy atom. The van der Waals surface area contributed by atoms with Gasteiger partial charge in [-0.25, -0.2) is 0 Å². The van der Waals surface area contributed by atoms with Crippen molar-refractivity contribution in [2.45, 2.75) is 6.42 Å². The van der Waals surface area contributed by atoms with Crippen molar-refractivity contribution >= 4 is 51.3 Å². The fourth-order valence-corrected chi connectivity index (χ4v) is 3.80. The molecule has 1 heterocycles. The summed E-state index contributed by atoms with van der Waals surface area (Å²) in [4.78, 5) is 14.1. The van der Waals surface area contributed by atoms with Gasteiger partial charge in [-0.2, -0.15) is 0 Å². The zero-order valence-corrected chi connectivity index (χ0v) is 13.7. The number of nitrogen functional groups attached to an aromatic ring is 1. The Morgan fingerprint density at radius 1 is 1.29 bits per heavy atom. The smallest absolute Gasteiger partial charge is 0.225 e. The Morgan fingerprint density at radius 3 is 2.43 bits per heavy atom. The topological polar surface area (TPSA) is 75.4 Å². The van der Waals surface area contributed by atoms with E-state index >= 15 is 0 Å². The van der Waals surface area contributed by atoms with Gasteiger partial charge in [-0.15, -0.1) is 0 Å². The number of anilines is 2. The second kappa shape index (κ2) is 7.45. The summed E-state index contributed by atoms with van der Waals surface area (Å²) < 4.78 is 11.3. The standard InChI is InChI=1S/C13H17Cl2N3O2S/c14-10-7-9(16)8-11(15)13(10)17-12(19)1-2-18-3-5-21(20)6-4-18/h7-8H,1-6,16H2,(H,17,19). The van der Waals surface area contributed by atoms with Crippen molar-refractivity contribution in [3.05, 3.63) is 22.2 Å². The molecule has 0 radical (unpaired) electrons. The molecule has 2 rings (SSSR count). The molecule has 8 heteroatoms. The average Bonchev–Trinajstić information content (AvgIpc) is 2.42. The molecule has 1 aliphatic heterocycles. The van der Waals surface area contributed by atoms with Crippen molar-refractivity contribution in [3.63, 3.8) is 0 Å². The normalized spacial score (nSPS) is 16.9. The van der Waals surface area contributed by atoms with Gasteiger partial charge < -0.3 is 16.0 Å². The predicted molar refractivity (Wildman–Crippen MR) is 88.4 cm³/mol. The number of nitrogens with one attached hydrogen (secondary N) is 1. The highest BCUT2D eigenvalue weighted by Gasteiger charge is 2.16. The summed E-state index contributed by atoms with van der Waals surface area (Å²) in [5, 5.41) is 3.35. The number of carbonyl (C=O) groups is 1. The number of amides is 1. The van der Waals surface area contributed by atoms with E-state index in [2.05, 4.69) is 10.2 Å². The van der Waals surface area contributed by atoms with Crippen LogP contribution in [0.5, 0.6) is 0 Å². The lowest BCUT2D eigenvalue weighted by atomic mass is 10.2. The van der Waals surface area contributed by atoms with E-state index in [1.165, 1.54) is 0 Å². The Hall–Kier alpha value is -0.820. The number of hydrogen-bond donors (Lipinski definition) is 2. The highest BCUT2D eigenvalue weighted by molar-refractivity contribution is 7.85. The van der Waals surface area contributed by atoms with Gasteiger partial charge >= 0.3 is 0 Å². The molecular formula is C13H17Cl2N3O2S. The van der Waals surface area contributed by atoms with Gasteiger partial charge in [0.15, 0.2) is 0 Å². The number of halogens is 2. The number of benzene rings is 1. The fourth-order valence-electron chi connectivity index (χ4n) is 2.07. The molecule has 1 aliphatic rings. The van der Waals surface area contributed by atoms with Gasteiger partial charge in [0.2, 0.25) is 5.91 Å². The minimum absolute atomic E-state index is 0.157. The molecule has 0 aromatic heterocycles. The van der Waals surface area contributed by atoms with Gasteiger partial charge in [-0.3, -0.25) is 9.00 Å². The maximum Gasteiger partial charge on any atom is 0.225 e. The lowest BCUT2D eigenvalue weighted by Gasteiger charge is -2.25. The number of hydrogen-bond acceptors (Lipinski definition) is 4. The zero-order chi connectivity index (χ0) is 15.4. The molecule has 21 heavy (non-hydrogen) atoms. The maximum atomic E-state index is 12.0. The summed E-state index contributed by atoms with van der Waals surface area (Å²) in [5.41, 5.74) is 6.45. The van der Waals surface area contributed by atoms with Crippen molar-refractivity contribution in [2.75, 3.05) is 42.2 Å². The van der Waals surface area contributed by atoms with Crippen LogP contribution in [0.1, 0.15) is 6.42 Å². The first kappa shape index (κ1) is 16.5. The summed E-state index contributed by atoms with van der Waals surface area (Å²) in [6, 6.07) is 3.09. The second-order valence-electron chi connectivity index (χ2n) is 4.85. The molecular weight excluding hydrogens is 333 g/mol. The molecule has 116 valence electrons. The van der Waals surface area contributed by atoms with Gasteiger partial charge in [0.25, 0.3) is 0 Å². The van der Waals surface area contributed by atoms with Crippen LogP contribution >= 0.6 is 23.2 Å². The third kappa shape index (κ3) is 4.85. The Labute approximate surface area is 136 Å². The van der Waals surface area contributed by atoms with E-state index < -0.39 is 10.8 Å². The molecule has 5 nitrogen and oxygen atoms in total. The van der Waals surface area contributed by atoms with E-state index in [1.807, 2.05) is 0 Å². The van der Waals surface area contributed by atoms with Gasteiger partial charge in [0, 0.05) is 54.0 Å². The van der Waals surface area contributed by atoms with Crippen molar-refractivity contribution in [3.8, 4) is 0 Å². The molecule has 0 unspecified atom stereocenters. The van der Waals surface area contributed by atoms with Crippen LogP contribution in [-0.2, 0) is 15.6 Å². The van der Waals surface area contributed by atoms with Crippen molar-refractivity contribution in [2.24, 2.45) is 0 Å². The third-order valence-corrected chi connectivity index (χ3v) is 5.13. The summed E-state index contributed by atoms with van der Waals surface area (Å²) in [6.07, 6.45) is 0.337. The van der Waals surface area contributed by atoms with Gasteiger partial charge in [-0.1, -0.05) is 23.2 Å². The Balaban J connectivity index is 1.86. The zero-order valence-electron chi connectivity index (χ0n) is 11.4. The predicted octanol–water partition coefficient (Wildman–Crippen LogP) is 1.97. The summed E-state index contributed by atoms with van der Waals surface area (Å²) in [5.74, 6) is 1.20. The highest BCUT2D eigenvalue weighted by atomic mass is 35.5. The van der Waals surface area contributed by atoms with Crippen molar-refractivity contribution < 1.29 is 9.00 Å². The SMILES string of the molecule is Nc1cc(Cl)c(NC(=O)CCN2CCS(=O)CC2)c(Cl)c1. The number of rotatable bonds is 4. The van der Waals surface area contributed by atoms with E-state index in [0.717, 1.165) is 13.1 Å². The quantitative estimate of drug-likeness (QED) is 0.814. The molecule has 0 saturated carbocycles. The van der Waals surface area contributed by atoms with Crippen LogP contribution in [0.25, 0.3) is 0 Å². The lowest BCUT2D eigenvalue weighted by Crippen LogP contribution is -2.39. The summed E-state index contributed by atoms with van der Waals surface area (Å²) >= 11 is 12.0. The van der Waals surface area contributed by atoms with E-state index in [9.17, 15) is 9.00 Å². The van der Waals surface area contributed by atoms with Gasteiger partial charge in [-0.05, 0) is 12.1 Å². The van der Waals surface area contributed by atoms with Gasteiger partial charge in [0.1, 0.15) is 0 Å². The average molecular weight is 350 g/mol. The molecule has 0 atom stereocenters. The minimum Gasteiger partial charge on any atom is -0.399 e. The molecule has 1 amide bonds. The first-order chi connectivity index (χ1) is 9.95. The lowest BCUT2D eigenvalue weighted by molar-refractivity contribution is -0.116. The second-order valence-corrected chi connectivity index (χ2v) is 7.36. The maximum absolute atomic E-state index is 12.0. The fraction of sp³-hybridized carbons (Fsp3) is 0.462. The minimum atomic E-state index is -0.704. The number of nitrogens with two attached hydrogens (primary N) is 1. The first-order valence-electron chi connectivity index (χ1n) is 6.57. The number of carbonyl (C=O) groups excluding carboxylic acids is 1. The van der Waals surface area contributed by atoms with Gasteiger partial charge in [0.05, 0.1) is 15.7 Å². The van der Waals surface area contributed by atoms with Crippen LogP contribution in [-0.4, -0.2) is 46.2 Å². The molecule has 1 aromatic rings. The van der Waals surface area contributed by atoms with Crippen LogP contribution in [0.2, 0.25) is 10.0 Å². The van der Waals surface area contributed by atoms with Crippen LogP contribution < -0.4 is 11.1 Å². The third-order valence-electron chi connectivity index (χ3n) is 3.25. The summed E-state index contributed by atoms with van der Waals surface area (Å²) in [7, 11) is -0.704. The van der Waals surface area contributed by atoms with Crippen molar-refractivity contribution in [1.82, 2.24) is 4.90 Å². The molecule has 1 aromatic carbocycles. The highest BCUT2D eigenvalue weighted by Crippen LogP contribution is 2.32. The largest absolute Gasteiger partial charge is 0.399 e. The molecule has 0 bridgehead atoms. The van der Waals surface area contributed by atoms with Crippen LogP contribution in [0, 0.1) is 0 Å².